The van der Waals surface area contributed by atoms with Crippen LogP contribution in [-0.4, -0.2) is 7.11 Å². The molecule has 0 saturated heterocycles. The molecule has 3 aromatic carbocycles. The Labute approximate surface area is 136 Å². The van der Waals surface area contributed by atoms with Gasteiger partial charge in [0.1, 0.15) is 11.8 Å². The lowest BCUT2D eigenvalue weighted by molar-refractivity contribution is 0.410. The van der Waals surface area contributed by atoms with E-state index in [1.165, 1.54) is 0 Å². The first kappa shape index (κ1) is 14.9. The molecule has 3 nitrogen and oxygen atoms in total. The van der Waals surface area contributed by atoms with Crippen molar-refractivity contribution in [2.24, 2.45) is 0 Å². The van der Waals surface area contributed by atoms with Crippen LogP contribution < -0.4 is 10.1 Å². The second-order valence-corrected chi connectivity index (χ2v) is 5.42. The largest absolute Gasteiger partial charge is 0.496 e. The van der Waals surface area contributed by atoms with Crippen LogP contribution in [-0.2, 0) is 0 Å². The summed E-state index contributed by atoms with van der Waals surface area (Å²) in [6, 6.07) is 21.8. The van der Waals surface area contributed by atoms with Crippen LogP contribution in [0.5, 0.6) is 5.75 Å². The number of hydrogen-bond donors (Lipinski definition) is 1. The molecule has 0 aromatic heterocycles. The van der Waals surface area contributed by atoms with Crippen LogP contribution >= 0.6 is 0 Å². The Kier molecular flexibility index (Phi) is 4.16. The van der Waals surface area contributed by atoms with Crippen LogP contribution in [0, 0.1) is 18.3 Å². The zero-order valence-electron chi connectivity index (χ0n) is 13.2. The first-order chi connectivity index (χ1) is 11.2. The van der Waals surface area contributed by atoms with Crippen molar-refractivity contribution in [2.75, 3.05) is 12.4 Å². The van der Waals surface area contributed by atoms with Crippen molar-refractivity contribution in [3.63, 3.8) is 0 Å². The lowest BCUT2D eigenvalue weighted by Gasteiger charge is -2.19. The van der Waals surface area contributed by atoms with Gasteiger partial charge in [0.15, 0.2) is 0 Å². The van der Waals surface area contributed by atoms with Gasteiger partial charge < -0.3 is 10.1 Å². The van der Waals surface area contributed by atoms with E-state index in [9.17, 15) is 5.26 Å². The first-order valence-electron chi connectivity index (χ1n) is 7.52. The fourth-order valence-electron chi connectivity index (χ4n) is 2.81. The Bertz CT molecular complexity index is 880. The fraction of sp³-hybridized carbons (Fsp3) is 0.150. The molecule has 0 bridgehead atoms. The standard InChI is InChI=1S/C20H18N2O/c1-14-7-3-6-10-17(14)22-18(13-21)20-16-9-5-4-8-15(16)11-12-19(20)23-2/h3-12,18,22H,1-2H3. The molecule has 0 aliphatic carbocycles. The molecule has 1 atom stereocenters. The maximum absolute atomic E-state index is 9.74. The number of fused-ring (bicyclic) bond motifs is 1. The van der Waals surface area contributed by atoms with E-state index in [-0.39, 0.29) is 0 Å². The normalized spacial score (nSPS) is 11.7. The van der Waals surface area contributed by atoms with Gasteiger partial charge in [0.05, 0.1) is 13.2 Å². The predicted octanol–water partition coefficient (Wildman–Crippen LogP) is 4.83. The third-order valence-electron chi connectivity index (χ3n) is 4.01. The second kappa shape index (κ2) is 6.41. The molecule has 0 aliphatic rings. The van der Waals surface area contributed by atoms with Crippen LogP contribution in [0.3, 0.4) is 0 Å². The SMILES string of the molecule is COc1ccc2ccccc2c1C(C#N)Nc1ccccc1C. The van der Waals surface area contributed by atoms with Crippen molar-refractivity contribution in [2.45, 2.75) is 13.0 Å². The summed E-state index contributed by atoms with van der Waals surface area (Å²) >= 11 is 0. The molecule has 3 aromatic rings. The molecule has 1 N–H and O–H groups in total. The van der Waals surface area contributed by atoms with E-state index in [2.05, 4.69) is 11.4 Å². The van der Waals surface area contributed by atoms with Crippen LogP contribution in [0.15, 0.2) is 60.7 Å². The van der Waals surface area contributed by atoms with Crippen molar-refractivity contribution in [3.05, 3.63) is 71.8 Å². The lowest BCUT2D eigenvalue weighted by Crippen LogP contribution is -2.11. The topological polar surface area (TPSA) is 45.0 Å². The highest BCUT2D eigenvalue weighted by atomic mass is 16.5. The van der Waals surface area contributed by atoms with Gasteiger partial charge >= 0.3 is 0 Å². The number of benzene rings is 3. The molecule has 1 unspecified atom stereocenters. The highest BCUT2D eigenvalue weighted by Gasteiger charge is 2.19. The predicted molar refractivity (Wildman–Crippen MR) is 93.7 cm³/mol. The number of nitrogens with zero attached hydrogens (tertiary/aromatic N) is 1. The van der Waals surface area contributed by atoms with Gasteiger partial charge in [-0.05, 0) is 35.4 Å². The molecule has 0 fully saturated rings. The number of ether oxygens (including phenoxy) is 1. The molecule has 23 heavy (non-hydrogen) atoms. The number of methoxy groups -OCH3 is 1. The van der Waals surface area contributed by atoms with E-state index in [4.69, 9.17) is 4.74 Å². The fourth-order valence-corrected chi connectivity index (χ4v) is 2.81. The molecule has 3 heteroatoms. The van der Waals surface area contributed by atoms with Gasteiger partial charge in [0, 0.05) is 11.3 Å². The maximum atomic E-state index is 9.74. The van der Waals surface area contributed by atoms with Crippen LogP contribution in [0.4, 0.5) is 5.69 Å². The number of para-hydroxylation sites is 1. The molecule has 0 spiro atoms. The zero-order valence-corrected chi connectivity index (χ0v) is 13.2. The average Bonchev–Trinajstić information content (AvgIpc) is 2.60. The minimum Gasteiger partial charge on any atom is -0.496 e. The number of nitrogens with one attached hydrogen (secondary N) is 1. The van der Waals surface area contributed by atoms with E-state index < -0.39 is 6.04 Å². The van der Waals surface area contributed by atoms with Gasteiger partial charge in [0.2, 0.25) is 0 Å². The number of nitriles is 1. The Balaban J connectivity index is 2.13. The van der Waals surface area contributed by atoms with Crippen molar-refractivity contribution in [1.82, 2.24) is 0 Å². The smallest absolute Gasteiger partial charge is 0.144 e. The molecule has 0 aliphatic heterocycles. The van der Waals surface area contributed by atoms with Gasteiger partial charge in [-0.15, -0.1) is 0 Å². The highest BCUT2D eigenvalue weighted by Crippen LogP contribution is 2.35. The summed E-state index contributed by atoms with van der Waals surface area (Å²) in [7, 11) is 1.63. The molecule has 3 rings (SSSR count). The molecule has 0 radical (unpaired) electrons. The van der Waals surface area contributed by atoms with Crippen LogP contribution in [0.25, 0.3) is 10.8 Å². The minimum atomic E-state index is -0.489. The Morgan fingerprint density at radius 3 is 2.48 bits per heavy atom. The van der Waals surface area contributed by atoms with E-state index in [0.29, 0.717) is 0 Å². The van der Waals surface area contributed by atoms with Crippen LogP contribution in [0.1, 0.15) is 17.2 Å². The molecule has 0 saturated carbocycles. The van der Waals surface area contributed by atoms with E-state index in [1.807, 2.05) is 67.6 Å². The number of hydrogen-bond acceptors (Lipinski definition) is 3. The molecular formula is C20H18N2O. The van der Waals surface area contributed by atoms with Crippen molar-refractivity contribution < 1.29 is 4.74 Å². The van der Waals surface area contributed by atoms with E-state index in [1.54, 1.807) is 7.11 Å². The molecule has 114 valence electrons. The van der Waals surface area contributed by atoms with Crippen molar-refractivity contribution in [3.8, 4) is 11.8 Å². The maximum Gasteiger partial charge on any atom is 0.144 e. The number of rotatable bonds is 4. The number of anilines is 1. The first-order valence-corrected chi connectivity index (χ1v) is 7.52. The van der Waals surface area contributed by atoms with E-state index in [0.717, 1.165) is 33.3 Å². The second-order valence-electron chi connectivity index (χ2n) is 5.42. The molecule has 0 amide bonds. The highest BCUT2D eigenvalue weighted by molar-refractivity contribution is 5.89. The lowest BCUT2D eigenvalue weighted by atomic mass is 9.97. The average molecular weight is 302 g/mol. The van der Waals surface area contributed by atoms with E-state index >= 15 is 0 Å². The van der Waals surface area contributed by atoms with Crippen molar-refractivity contribution in [1.29, 1.82) is 5.26 Å². The summed E-state index contributed by atoms with van der Waals surface area (Å²) in [5.74, 6) is 0.719. The third kappa shape index (κ3) is 2.84. The Morgan fingerprint density at radius 1 is 1.00 bits per heavy atom. The zero-order chi connectivity index (χ0) is 16.2. The van der Waals surface area contributed by atoms with Crippen LogP contribution in [0.2, 0.25) is 0 Å². The molecular weight excluding hydrogens is 284 g/mol. The monoisotopic (exact) mass is 302 g/mol. The van der Waals surface area contributed by atoms with Gasteiger partial charge in [0.25, 0.3) is 0 Å². The third-order valence-corrected chi connectivity index (χ3v) is 4.01. The van der Waals surface area contributed by atoms with Gasteiger partial charge in [-0.3, -0.25) is 0 Å². The molecule has 0 heterocycles. The Morgan fingerprint density at radius 2 is 1.74 bits per heavy atom. The summed E-state index contributed by atoms with van der Waals surface area (Å²) in [6.45, 7) is 2.02. The Hall–Kier alpha value is -2.99. The minimum absolute atomic E-state index is 0.489. The summed E-state index contributed by atoms with van der Waals surface area (Å²) in [5, 5.41) is 15.2. The summed E-state index contributed by atoms with van der Waals surface area (Å²) < 4.78 is 5.51. The summed E-state index contributed by atoms with van der Waals surface area (Å²) in [4.78, 5) is 0. The summed E-state index contributed by atoms with van der Waals surface area (Å²) in [5.41, 5.74) is 2.93. The quantitative estimate of drug-likeness (QED) is 0.750. The van der Waals surface area contributed by atoms with Gasteiger partial charge in [-0.2, -0.15) is 5.26 Å². The number of aryl methyl sites for hydroxylation is 1. The summed E-state index contributed by atoms with van der Waals surface area (Å²) in [6.07, 6.45) is 0. The van der Waals surface area contributed by atoms with Gasteiger partial charge in [-0.25, -0.2) is 0 Å². The van der Waals surface area contributed by atoms with Gasteiger partial charge in [-0.1, -0.05) is 48.5 Å². The van der Waals surface area contributed by atoms with Crippen molar-refractivity contribution >= 4 is 16.5 Å².